The second-order valence-corrected chi connectivity index (χ2v) is 8.18. The van der Waals surface area contributed by atoms with Gasteiger partial charge in [0, 0.05) is 34.6 Å². The molecule has 2 aromatic heterocycles. The van der Waals surface area contributed by atoms with Gasteiger partial charge in [-0.3, -0.25) is 0 Å². The van der Waals surface area contributed by atoms with Gasteiger partial charge in [-0.05, 0) is 56.4 Å². The normalized spacial score (nSPS) is 11.3. The molecule has 2 aromatic carbocycles. The van der Waals surface area contributed by atoms with E-state index in [9.17, 15) is 0 Å². The van der Waals surface area contributed by atoms with Crippen molar-refractivity contribution in [1.29, 1.82) is 0 Å². The molecular weight excluding hydrogens is 380 g/mol. The molecule has 2 heterocycles. The van der Waals surface area contributed by atoms with Crippen LogP contribution in [0.1, 0.15) is 11.3 Å². The molecule has 0 amide bonds. The van der Waals surface area contributed by atoms with Crippen LogP contribution >= 0.6 is 11.3 Å². The van der Waals surface area contributed by atoms with Crippen molar-refractivity contribution in [3.63, 3.8) is 0 Å². The van der Waals surface area contributed by atoms with Crippen molar-refractivity contribution in [3.8, 4) is 16.3 Å². The van der Waals surface area contributed by atoms with Crippen LogP contribution in [0.2, 0.25) is 0 Å². The number of H-pyrrole nitrogens is 1. The Hall–Kier alpha value is -2.83. The number of anilines is 1. The van der Waals surface area contributed by atoms with E-state index in [1.165, 1.54) is 16.5 Å². The van der Waals surface area contributed by atoms with Crippen molar-refractivity contribution in [1.82, 2.24) is 14.9 Å². The number of para-hydroxylation sites is 2. The largest absolute Gasteiger partial charge is 0.495 e. The summed E-state index contributed by atoms with van der Waals surface area (Å²) in [5.74, 6) is 0.839. The quantitative estimate of drug-likeness (QED) is 0.432. The fraction of sp³-hybridized carbons (Fsp3) is 0.261. The van der Waals surface area contributed by atoms with Crippen LogP contribution in [0, 0.1) is 0 Å². The zero-order valence-corrected chi connectivity index (χ0v) is 17.8. The van der Waals surface area contributed by atoms with Gasteiger partial charge in [-0.15, -0.1) is 11.3 Å². The number of thiazole rings is 1. The highest BCUT2D eigenvalue weighted by molar-refractivity contribution is 7.13. The second-order valence-electron chi connectivity index (χ2n) is 7.33. The Balaban J connectivity index is 1.51. The average molecular weight is 407 g/mol. The summed E-state index contributed by atoms with van der Waals surface area (Å²) in [6, 6.07) is 14.5. The lowest BCUT2D eigenvalue weighted by molar-refractivity contribution is 0.414. The number of fused-ring (bicyclic) bond motifs is 1. The highest BCUT2D eigenvalue weighted by Crippen LogP contribution is 2.30. The molecule has 0 fully saturated rings. The van der Waals surface area contributed by atoms with E-state index in [2.05, 4.69) is 59.1 Å². The van der Waals surface area contributed by atoms with Gasteiger partial charge in [-0.1, -0.05) is 12.1 Å². The number of methoxy groups -OCH3 is 1. The summed E-state index contributed by atoms with van der Waals surface area (Å²) in [7, 11) is 5.90. The molecule has 0 saturated heterocycles. The molecule has 0 atom stereocenters. The summed E-state index contributed by atoms with van der Waals surface area (Å²) < 4.78 is 5.40. The number of benzene rings is 2. The minimum Gasteiger partial charge on any atom is -0.495 e. The van der Waals surface area contributed by atoms with Crippen LogP contribution in [-0.2, 0) is 13.0 Å². The first-order valence-corrected chi connectivity index (χ1v) is 10.6. The molecule has 29 heavy (non-hydrogen) atoms. The molecule has 0 radical (unpaired) electrons. The van der Waals surface area contributed by atoms with Crippen molar-refractivity contribution >= 4 is 27.9 Å². The van der Waals surface area contributed by atoms with Crippen molar-refractivity contribution in [2.24, 2.45) is 0 Å². The van der Waals surface area contributed by atoms with E-state index in [1.807, 2.05) is 24.3 Å². The number of likely N-dealkylation sites (N-methyl/N-ethyl adjacent to an activating group) is 1. The highest BCUT2D eigenvalue weighted by atomic mass is 32.1. The lowest BCUT2D eigenvalue weighted by Crippen LogP contribution is -2.14. The third-order valence-corrected chi connectivity index (χ3v) is 5.90. The van der Waals surface area contributed by atoms with Gasteiger partial charge in [0.1, 0.15) is 10.8 Å². The molecule has 2 N–H and O–H groups in total. The van der Waals surface area contributed by atoms with E-state index in [4.69, 9.17) is 9.72 Å². The van der Waals surface area contributed by atoms with Crippen molar-refractivity contribution in [3.05, 3.63) is 65.3 Å². The third kappa shape index (κ3) is 4.44. The standard InChI is InChI=1S/C23H26N4OS/c1-27(2)11-10-17-13-24-20-9-8-16(12-19(17)20)23-26-18(15-29-23)14-25-21-6-4-5-7-22(21)28-3/h4-9,12-13,15,24-25H,10-11,14H2,1-3H3. The SMILES string of the molecule is COc1ccccc1NCc1csc(-c2ccc3[nH]cc(CCN(C)C)c3c2)n1. The first-order valence-electron chi connectivity index (χ1n) is 9.70. The number of nitrogens with zero attached hydrogens (tertiary/aromatic N) is 2. The Labute approximate surface area is 175 Å². The summed E-state index contributed by atoms with van der Waals surface area (Å²) >= 11 is 1.68. The molecule has 0 saturated carbocycles. The minimum atomic E-state index is 0.664. The number of aromatic nitrogens is 2. The number of ether oxygens (including phenoxy) is 1. The molecular formula is C23H26N4OS. The lowest BCUT2D eigenvalue weighted by atomic mass is 10.1. The smallest absolute Gasteiger partial charge is 0.141 e. The monoisotopic (exact) mass is 406 g/mol. The Bertz CT molecular complexity index is 1100. The lowest BCUT2D eigenvalue weighted by Gasteiger charge is -2.09. The van der Waals surface area contributed by atoms with E-state index in [1.54, 1.807) is 18.4 Å². The number of hydrogen-bond donors (Lipinski definition) is 2. The van der Waals surface area contributed by atoms with Crippen molar-refractivity contribution in [2.45, 2.75) is 13.0 Å². The molecule has 0 spiro atoms. The van der Waals surface area contributed by atoms with E-state index >= 15 is 0 Å². The Morgan fingerprint density at radius 1 is 1.17 bits per heavy atom. The van der Waals surface area contributed by atoms with Crippen LogP contribution in [0.3, 0.4) is 0 Å². The van der Waals surface area contributed by atoms with E-state index in [0.29, 0.717) is 6.54 Å². The van der Waals surface area contributed by atoms with Gasteiger partial charge < -0.3 is 19.9 Å². The van der Waals surface area contributed by atoms with Crippen molar-refractivity contribution in [2.75, 3.05) is 33.1 Å². The zero-order chi connectivity index (χ0) is 20.2. The van der Waals surface area contributed by atoms with Gasteiger partial charge in [0.25, 0.3) is 0 Å². The van der Waals surface area contributed by atoms with Crippen LogP contribution in [-0.4, -0.2) is 42.6 Å². The molecule has 5 nitrogen and oxygen atoms in total. The van der Waals surface area contributed by atoms with Gasteiger partial charge in [0.2, 0.25) is 0 Å². The Morgan fingerprint density at radius 3 is 2.86 bits per heavy atom. The molecule has 0 bridgehead atoms. The maximum Gasteiger partial charge on any atom is 0.141 e. The second kappa shape index (κ2) is 8.68. The summed E-state index contributed by atoms with van der Waals surface area (Å²) in [5.41, 5.74) is 5.70. The van der Waals surface area contributed by atoms with E-state index in [0.717, 1.165) is 40.7 Å². The van der Waals surface area contributed by atoms with Crippen LogP contribution in [0.5, 0.6) is 5.75 Å². The van der Waals surface area contributed by atoms with Crippen LogP contribution in [0.15, 0.2) is 54.0 Å². The maximum atomic E-state index is 5.40. The molecule has 0 aliphatic carbocycles. The van der Waals surface area contributed by atoms with Crippen molar-refractivity contribution < 1.29 is 4.74 Å². The van der Waals surface area contributed by atoms with Crippen LogP contribution in [0.4, 0.5) is 5.69 Å². The number of aromatic amines is 1. The fourth-order valence-corrected chi connectivity index (χ4v) is 4.18. The Morgan fingerprint density at radius 2 is 2.03 bits per heavy atom. The average Bonchev–Trinajstić information content (AvgIpc) is 3.37. The molecule has 6 heteroatoms. The molecule has 0 aliphatic rings. The molecule has 4 rings (SSSR count). The first-order chi connectivity index (χ1) is 14.1. The van der Waals surface area contributed by atoms with Gasteiger partial charge >= 0.3 is 0 Å². The molecule has 0 unspecified atom stereocenters. The van der Waals surface area contributed by atoms with Gasteiger partial charge in [-0.25, -0.2) is 4.98 Å². The van der Waals surface area contributed by atoms with E-state index in [-0.39, 0.29) is 0 Å². The maximum absolute atomic E-state index is 5.40. The zero-order valence-electron chi connectivity index (χ0n) is 17.0. The van der Waals surface area contributed by atoms with Gasteiger partial charge in [0.15, 0.2) is 0 Å². The number of hydrogen-bond acceptors (Lipinski definition) is 5. The number of rotatable bonds is 8. The topological polar surface area (TPSA) is 53.2 Å². The fourth-order valence-electron chi connectivity index (χ4n) is 3.36. The van der Waals surface area contributed by atoms with Crippen LogP contribution in [0.25, 0.3) is 21.5 Å². The first kappa shape index (κ1) is 19.5. The van der Waals surface area contributed by atoms with Gasteiger partial charge in [0.05, 0.1) is 25.0 Å². The van der Waals surface area contributed by atoms with E-state index < -0.39 is 0 Å². The summed E-state index contributed by atoms with van der Waals surface area (Å²) in [5, 5.41) is 7.86. The highest BCUT2D eigenvalue weighted by Gasteiger charge is 2.10. The predicted octanol–water partition coefficient (Wildman–Crippen LogP) is 5.02. The summed E-state index contributed by atoms with van der Waals surface area (Å²) in [4.78, 5) is 10.4. The Kier molecular flexibility index (Phi) is 5.83. The van der Waals surface area contributed by atoms with Gasteiger partial charge in [-0.2, -0.15) is 0 Å². The molecule has 4 aromatic rings. The van der Waals surface area contributed by atoms with Crippen LogP contribution < -0.4 is 10.1 Å². The summed E-state index contributed by atoms with van der Waals surface area (Å²) in [6.45, 7) is 1.70. The number of nitrogens with one attached hydrogen (secondary N) is 2. The third-order valence-electron chi connectivity index (χ3n) is 4.96. The molecule has 0 aliphatic heterocycles. The summed E-state index contributed by atoms with van der Waals surface area (Å²) in [6.07, 6.45) is 3.16. The molecule has 150 valence electrons. The predicted molar refractivity (Wildman–Crippen MR) is 122 cm³/mol. The minimum absolute atomic E-state index is 0.664.